The van der Waals surface area contributed by atoms with Gasteiger partial charge in [-0.15, -0.1) is 0 Å². The summed E-state index contributed by atoms with van der Waals surface area (Å²) in [5.74, 6) is -0.138. The average Bonchev–Trinajstić information content (AvgIpc) is 2.57. The van der Waals surface area contributed by atoms with Crippen molar-refractivity contribution < 1.29 is 4.79 Å². The van der Waals surface area contributed by atoms with Crippen LogP contribution in [0.3, 0.4) is 0 Å². The molecule has 0 fully saturated rings. The van der Waals surface area contributed by atoms with Crippen molar-refractivity contribution in [3.05, 3.63) is 58.9 Å². The fourth-order valence-electron chi connectivity index (χ4n) is 2.07. The highest BCUT2D eigenvalue weighted by Gasteiger charge is 2.10. The molecule has 1 aromatic carbocycles. The molecule has 0 spiro atoms. The summed E-state index contributed by atoms with van der Waals surface area (Å²) < 4.78 is 0. The molecule has 0 saturated carbocycles. The minimum atomic E-state index is -0.138. The van der Waals surface area contributed by atoms with Crippen LogP contribution in [-0.4, -0.2) is 23.5 Å². The number of amides is 1. The highest BCUT2D eigenvalue weighted by Crippen LogP contribution is 2.11. The van der Waals surface area contributed by atoms with Gasteiger partial charge in [-0.05, 0) is 49.6 Å². The molecule has 1 unspecified atom stereocenters. The minimum absolute atomic E-state index is 0.138. The van der Waals surface area contributed by atoms with Gasteiger partial charge in [-0.3, -0.25) is 9.78 Å². The maximum Gasteiger partial charge on any atom is 0.270 e. The maximum atomic E-state index is 12.1. The molecule has 4 nitrogen and oxygen atoms in total. The van der Waals surface area contributed by atoms with Gasteiger partial charge in [-0.2, -0.15) is 0 Å². The van der Waals surface area contributed by atoms with Crippen molar-refractivity contribution in [1.82, 2.24) is 10.3 Å². The van der Waals surface area contributed by atoms with Gasteiger partial charge in [0, 0.05) is 29.5 Å². The van der Waals surface area contributed by atoms with E-state index in [1.807, 2.05) is 44.2 Å². The van der Waals surface area contributed by atoms with Crippen LogP contribution >= 0.6 is 11.6 Å². The third-order valence-electron chi connectivity index (χ3n) is 3.64. The second kappa shape index (κ2) is 8.53. The maximum absolute atomic E-state index is 12.1. The van der Waals surface area contributed by atoms with E-state index in [0.717, 1.165) is 30.1 Å². The zero-order chi connectivity index (χ0) is 16.7. The Morgan fingerprint density at radius 1 is 1.26 bits per heavy atom. The molecule has 1 aromatic heterocycles. The van der Waals surface area contributed by atoms with Crippen LogP contribution in [0.4, 0.5) is 5.69 Å². The second-order valence-electron chi connectivity index (χ2n) is 5.52. The van der Waals surface area contributed by atoms with Gasteiger partial charge in [-0.1, -0.05) is 30.7 Å². The van der Waals surface area contributed by atoms with Gasteiger partial charge in [0.15, 0.2) is 0 Å². The Balaban J connectivity index is 1.89. The van der Waals surface area contributed by atoms with E-state index in [-0.39, 0.29) is 11.9 Å². The van der Waals surface area contributed by atoms with Crippen molar-refractivity contribution in [2.45, 2.75) is 32.7 Å². The molecule has 2 aromatic rings. The van der Waals surface area contributed by atoms with Gasteiger partial charge in [0.2, 0.25) is 0 Å². The van der Waals surface area contributed by atoms with Crippen LogP contribution in [0.25, 0.3) is 0 Å². The third-order valence-corrected chi connectivity index (χ3v) is 3.89. The molecular formula is C18H22ClN3O. The number of benzene rings is 1. The average molecular weight is 332 g/mol. The Morgan fingerprint density at radius 2 is 2.00 bits per heavy atom. The number of aromatic nitrogens is 1. The summed E-state index contributed by atoms with van der Waals surface area (Å²) in [5.41, 5.74) is 2.54. The number of pyridine rings is 1. The summed E-state index contributed by atoms with van der Waals surface area (Å²) in [4.78, 5) is 16.2. The highest BCUT2D eigenvalue weighted by atomic mass is 35.5. The number of nitrogens with one attached hydrogen (secondary N) is 2. The molecule has 0 saturated heterocycles. The summed E-state index contributed by atoms with van der Waals surface area (Å²) in [6, 6.07) is 11.6. The quantitative estimate of drug-likeness (QED) is 0.808. The lowest BCUT2D eigenvalue weighted by Crippen LogP contribution is -2.32. The molecule has 0 aliphatic rings. The molecule has 0 bridgehead atoms. The first-order chi connectivity index (χ1) is 11.1. The van der Waals surface area contributed by atoms with Crippen molar-refractivity contribution >= 4 is 23.2 Å². The zero-order valence-corrected chi connectivity index (χ0v) is 14.2. The topological polar surface area (TPSA) is 54.0 Å². The van der Waals surface area contributed by atoms with E-state index in [4.69, 9.17) is 11.6 Å². The molecule has 2 N–H and O–H groups in total. The van der Waals surface area contributed by atoms with Gasteiger partial charge < -0.3 is 10.6 Å². The van der Waals surface area contributed by atoms with Crippen LogP contribution in [0.15, 0.2) is 42.6 Å². The fourth-order valence-corrected chi connectivity index (χ4v) is 2.19. The molecule has 1 heterocycles. The van der Waals surface area contributed by atoms with Gasteiger partial charge in [-0.25, -0.2) is 0 Å². The number of nitrogens with zero attached hydrogens (tertiary/aromatic N) is 1. The van der Waals surface area contributed by atoms with Crippen molar-refractivity contribution in [3.63, 3.8) is 0 Å². The van der Waals surface area contributed by atoms with E-state index < -0.39 is 0 Å². The van der Waals surface area contributed by atoms with E-state index in [1.165, 1.54) is 5.56 Å². The monoisotopic (exact) mass is 331 g/mol. The van der Waals surface area contributed by atoms with Gasteiger partial charge in [0.05, 0.1) is 0 Å². The number of halogens is 1. The van der Waals surface area contributed by atoms with Crippen molar-refractivity contribution in [3.8, 4) is 0 Å². The lowest BCUT2D eigenvalue weighted by atomic mass is 10.1. The Hall–Kier alpha value is -2.07. The Labute approximate surface area is 142 Å². The summed E-state index contributed by atoms with van der Waals surface area (Å²) in [6.45, 7) is 4.79. The lowest BCUT2D eigenvalue weighted by Gasteiger charge is -2.12. The third kappa shape index (κ3) is 5.57. The largest absolute Gasteiger partial charge is 0.385 e. The Kier molecular flexibility index (Phi) is 6.41. The minimum Gasteiger partial charge on any atom is -0.385 e. The predicted molar refractivity (Wildman–Crippen MR) is 95.1 cm³/mol. The molecule has 2 rings (SSSR count). The predicted octanol–water partition coefficient (Wildman–Crippen LogP) is 3.92. The summed E-state index contributed by atoms with van der Waals surface area (Å²) >= 11 is 5.87. The van der Waals surface area contributed by atoms with E-state index >= 15 is 0 Å². The van der Waals surface area contributed by atoms with Crippen LogP contribution in [-0.2, 0) is 6.42 Å². The highest BCUT2D eigenvalue weighted by molar-refractivity contribution is 6.30. The van der Waals surface area contributed by atoms with Crippen molar-refractivity contribution in [2.24, 2.45) is 0 Å². The number of hydrogen-bond acceptors (Lipinski definition) is 3. The molecular weight excluding hydrogens is 310 g/mol. The molecule has 1 atom stereocenters. The summed E-state index contributed by atoms with van der Waals surface area (Å²) in [5, 5.41) is 6.98. The number of rotatable bonds is 7. The van der Waals surface area contributed by atoms with Crippen LogP contribution in [0.5, 0.6) is 0 Å². The van der Waals surface area contributed by atoms with Gasteiger partial charge in [0.25, 0.3) is 5.91 Å². The lowest BCUT2D eigenvalue weighted by molar-refractivity contribution is 0.0934. The second-order valence-corrected chi connectivity index (χ2v) is 5.95. The van der Waals surface area contributed by atoms with Crippen molar-refractivity contribution in [2.75, 3.05) is 11.9 Å². The van der Waals surface area contributed by atoms with E-state index in [0.29, 0.717) is 5.69 Å². The molecule has 0 aliphatic carbocycles. The summed E-state index contributed by atoms with van der Waals surface area (Å²) in [6.07, 6.45) is 3.43. The van der Waals surface area contributed by atoms with E-state index in [1.54, 1.807) is 12.3 Å². The first kappa shape index (κ1) is 17.3. The Morgan fingerprint density at radius 3 is 2.70 bits per heavy atom. The molecule has 0 aliphatic heterocycles. The number of hydrogen-bond donors (Lipinski definition) is 2. The molecule has 122 valence electrons. The standard InChI is InChI=1S/C18H22ClN3O/c1-3-13(2)22-18(23)17-12-16(9-11-21-17)20-10-8-14-4-6-15(19)7-5-14/h4-7,9,11-13H,3,8,10H2,1-2H3,(H,20,21)(H,22,23). The first-order valence-electron chi connectivity index (χ1n) is 7.83. The van der Waals surface area contributed by atoms with E-state index in [9.17, 15) is 4.79 Å². The zero-order valence-electron chi connectivity index (χ0n) is 13.5. The van der Waals surface area contributed by atoms with Gasteiger partial charge >= 0.3 is 0 Å². The van der Waals surface area contributed by atoms with Gasteiger partial charge in [0.1, 0.15) is 5.69 Å². The van der Waals surface area contributed by atoms with E-state index in [2.05, 4.69) is 15.6 Å². The normalized spacial score (nSPS) is 11.8. The number of anilines is 1. The SMILES string of the molecule is CCC(C)NC(=O)c1cc(NCCc2ccc(Cl)cc2)ccn1. The fraction of sp³-hybridized carbons (Fsp3) is 0.333. The molecule has 0 radical (unpaired) electrons. The molecule has 23 heavy (non-hydrogen) atoms. The van der Waals surface area contributed by atoms with Crippen LogP contribution in [0.2, 0.25) is 5.02 Å². The number of carbonyl (C=O) groups excluding carboxylic acids is 1. The van der Waals surface area contributed by atoms with Crippen molar-refractivity contribution in [1.29, 1.82) is 0 Å². The number of carbonyl (C=O) groups is 1. The van der Waals surface area contributed by atoms with Crippen LogP contribution in [0.1, 0.15) is 36.3 Å². The molecule has 5 heteroatoms. The first-order valence-corrected chi connectivity index (χ1v) is 8.21. The van der Waals surface area contributed by atoms with Crippen LogP contribution < -0.4 is 10.6 Å². The molecule has 1 amide bonds. The smallest absolute Gasteiger partial charge is 0.270 e. The Bertz CT molecular complexity index is 643. The summed E-state index contributed by atoms with van der Waals surface area (Å²) in [7, 11) is 0. The van der Waals surface area contributed by atoms with Crippen LogP contribution in [0, 0.1) is 0 Å².